The lowest BCUT2D eigenvalue weighted by molar-refractivity contribution is -0.144. The minimum atomic E-state index is -0.754. The molecule has 0 fully saturated rings. The van der Waals surface area contributed by atoms with Gasteiger partial charge in [0.25, 0.3) is 0 Å². The van der Waals surface area contributed by atoms with Crippen LogP contribution >= 0.6 is 0 Å². The van der Waals surface area contributed by atoms with Crippen molar-refractivity contribution in [3.05, 3.63) is 35.4 Å². The smallest absolute Gasteiger partial charge is 0.321 e. The molecule has 1 aromatic carbocycles. The molecule has 0 saturated heterocycles. The van der Waals surface area contributed by atoms with Crippen molar-refractivity contribution in [3.8, 4) is 0 Å². The van der Waals surface area contributed by atoms with Crippen molar-refractivity contribution in [2.75, 3.05) is 13.2 Å². The fourth-order valence-corrected chi connectivity index (χ4v) is 2.52. The monoisotopic (exact) mass is 277 g/mol. The number of carboxylic acid groups (broad SMARTS) is 1. The molecule has 1 N–H and O–H groups in total. The molecule has 0 aromatic heterocycles. The van der Waals surface area contributed by atoms with Crippen LogP contribution < -0.4 is 0 Å². The van der Waals surface area contributed by atoms with Crippen LogP contribution in [-0.2, 0) is 22.5 Å². The van der Waals surface area contributed by atoms with E-state index in [1.807, 2.05) is 43.9 Å². The van der Waals surface area contributed by atoms with E-state index in [9.17, 15) is 9.90 Å². The van der Waals surface area contributed by atoms with Crippen molar-refractivity contribution in [2.45, 2.75) is 45.4 Å². The van der Waals surface area contributed by atoms with Crippen LogP contribution in [0.3, 0.4) is 0 Å². The molecule has 0 radical (unpaired) electrons. The summed E-state index contributed by atoms with van der Waals surface area (Å²) in [6.45, 7) is 7.90. The van der Waals surface area contributed by atoms with E-state index in [2.05, 4.69) is 6.07 Å². The highest BCUT2D eigenvalue weighted by molar-refractivity contribution is 5.74. The average Bonchev–Trinajstić information content (AvgIpc) is 2.36. The molecule has 0 aliphatic carbocycles. The first-order valence-corrected chi connectivity index (χ1v) is 7.04. The molecule has 110 valence electrons. The van der Waals surface area contributed by atoms with Crippen LogP contribution in [-0.4, -0.2) is 40.8 Å². The highest BCUT2D eigenvalue weighted by Gasteiger charge is 2.31. The van der Waals surface area contributed by atoms with Crippen LogP contribution in [0.25, 0.3) is 0 Å². The molecular formula is C16H23NO3. The highest BCUT2D eigenvalue weighted by Crippen LogP contribution is 2.23. The van der Waals surface area contributed by atoms with Gasteiger partial charge in [-0.3, -0.25) is 9.69 Å². The van der Waals surface area contributed by atoms with E-state index in [0.29, 0.717) is 26.1 Å². The van der Waals surface area contributed by atoms with Crippen LogP contribution in [0.4, 0.5) is 0 Å². The molecule has 0 amide bonds. The molecule has 1 heterocycles. The maximum absolute atomic E-state index is 11.5. The topological polar surface area (TPSA) is 49.8 Å². The van der Waals surface area contributed by atoms with E-state index in [4.69, 9.17) is 4.74 Å². The van der Waals surface area contributed by atoms with Gasteiger partial charge in [-0.05, 0) is 38.3 Å². The zero-order chi connectivity index (χ0) is 14.8. The summed E-state index contributed by atoms with van der Waals surface area (Å²) in [4.78, 5) is 13.4. The van der Waals surface area contributed by atoms with Crippen molar-refractivity contribution in [2.24, 2.45) is 0 Å². The minimum absolute atomic E-state index is 0.188. The molecule has 0 spiro atoms. The SMILES string of the molecule is CC(C)(C)OCCN1Cc2ccccc2C[C@H]1C(=O)O. The van der Waals surface area contributed by atoms with Crippen LogP contribution in [0.15, 0.2) is 24.3 Å². The Labute approximate surface area is 120 Å². The van der Waals surface area contributed by atoms with Crippen molar-refractivity contribution in [1.82, 2.24) is 4.90 Å². The van der Waals surface area contributed by atoms with E-state index >= 15 is 0 Å². The lowest BCUT2D eigenvalue weighted by atomic mass is 9.94. The number of hydrogen-bond acceptors (Lipinski definition) is 3. The Bertz CT molecular complexity index is 479. The van der Waals surface area contributed by atoms with E-state index in [0.717, 1.165) is 5.56 Å². The Kier molecular flexibility index (Phi) is 4.45. The van der Waals surface area contributed by atoms with Gasteiger partial charge >= 0.3 is 5.97 Å². The number of benzene rings is 1. The van der Waals surface area contributed by atoms with Gasteiger partial charge in [0.2, 0.25) is 0 Å². The van der Waals surface area contributed by atoms with E-state index in [1.54, 1.807) is 0 Å². The first-order valence-electron chi connectivity index (χ1n) is 7.04. The van der Waals surface area contributed by atoms with Gasteiger partial charge < -0.3 is 9.84 Å². The van der Waals surface area contributed by atoms with Crippen molar-refractivity contribution in [1.29, 1.82) is 0 Å². The van der Waals surface area contributed by atoms with Crippen LogP contribution in [0.1, 0.15) is 31.9 Å². The molecule has 1 atom stereocenters. The second-order valence-corrected chi connectivity index (χ2v) is 6.26. The van der Waals surface area contributed by atoms with Crippen LogP contribution in [0, 0.1) is 0 Å². The molecule has 1 aliphatic rings. The number of ether oxygens (including phenoxy) is 1. The third-order valence-corrected chi connectivity index (χ3v) is 3.54. The Balaban J connectivity index is 2.05. The summed E-state index contributed by atoms with van der Waals surface area (Å²) in [6, 6.07) is 7.62. The standard InChI is InChI=1S/C16H23NO3/c1-16(2,3)20-9-8-17-11-13-7-5-4-6-12(13)10-14(17)15(18)19/h4-7,14H,8-11H2,1-3H3,(H,18,19)/t14-/m0/s1. The number of aliphatic carboxylic acids is 1. The maximum atomic E-state index is 11.5. The molecule has 0 bridgehead atoms. The van der Waals surface area contributed by atoms with Gasteiger partial charge in [-0.2, -0.15) is 0 Å². The van der Waals surface area contributed by atoms with Crippen molar-refractivity contribution in [3.63, 3.8) is 0 Å². The second kappa shape index (κ2) is 5.94. The number of carboxylic acids is 1. The Hall–Kier alpha value is -1.39. The molecular weight excluding hydrogens is 254 g/mol. The zero-order valence-corrected chi connectivity index (χ0v) is 12.4. The third kappa shape index (κ3) is 3.81. The lowest BCUT2D eigenvalue weighted by Crippen LogP contribution is -2.47. The first kappa shape index (κ1) is 15.0. The van der Waals surface area contributed by atoms with Gasteiger partial charge in [0.05, 0.1) is 12.2 Å². The van der Waals surface area contributed by atoms with Gasteiger partial charge in [0.15, 0.2) is 0 Å². The Morgan fingerprint density at radius 1 is 1.35 bits per heavy atom. The third-order valence-electron chi connectivity index (χ3n) is 3.54. The van der Waals surface area contributed by atoms with Crippen LogP contribution in [0.5, 0.6) is 0 Å². The molecule has 1 aromatic rings. The summed E-state index contributed by atoms with van der Waals surface area (Å²) >= 11 is 0. The second-order valence-electron chi connectivity index (χ2n) is 6.26. The Morgan fingerprint density at radius 2 is 2.00 bits per heavy atom. The van der Waals surface area contributed by atoms with Gasteiger partial charge in [0.1, 0.15) is 6.04 Å². The fourth-order valence-electron chi connectivity index (χ4n) is 2.52. The first-order chi connectivity index (χ1) is 9.37. The number of nitrogens with zero attached hydrogens (tertiary/aromatic N) is 1. The summed E-state index contributed by atoms with van der Waals surface area (Å²) < 4.78 is 5.71. The predicted molar refractivity (Wildman–Crippen MR) is 77.7 cm³/mol. The molecule has 0 saturated carbocycles. The van der Waals surface area contributed by atoms with E-state index < -0.39 is 12.0 Å². The summed E-state index contributed by atoms with van der Waals surface area (Å²) in [5.41, 5.74) is 2.18. The average molecular weight is 277 g/mol. The molecule has 0 unspecified atom stereocenters. The Morgan fingerprint density at radius 3 is 2.60 bits per heavy atom. The summed E-state index contributed by atoms with van der Waals surface area (Å²) in [7, 11) is 0. The zero-order valence-electron chi connectivity index (χ0n) is 12.4. The molecule has 1 aliphatic heterocycles. The van der Waals surface area contributed by atoms with Gasteiger partial charge in [-0.25, -0.2) is 0 Å². The maximum Gasteiger partial charge on any atom is 0.321 e. The van der Waals surface area contributed by atoms with Gasteiger partial charge in [0, 0.05) is 13.1 Å². The summed E-state index contributed by atoms with van der Waals surface area (Å²) in [6.07, 6.45) is 0.570. The number of rotatable bonds is 4. The number of fused-ring (bicyclic) bond motifs is 1. The van der Waals surface area contributed by atoms with Gasteiger partial charge in [-0.15, -0.1) is 0 Å². The number of hydrogen-bond donors (Lipinski definition) is 1. The molecule has 4 nitrogen and oxygen atoms in total. The normalized spacial score (nSPS) is 19.6. The molecule has 20 heavy (non-hydrogen) atoms. The minimum Gasteiger partial charge on any atom is -0.480 e. The van der Waals surface area contributed by atoms with Crippen molar-refractivity contribution >= 4 is 5.97 Å². The fraction of sp³-hybridized carbons (Fsp3) is 0.562. The highest BCUT2D eigenvalue weighted by atomic mass is 16.5. The lowest BCUT2D eigenvalue weighted by Gasteiger charge is -2.35. The van der Waals surface area contributed by atoms with Gasteiger partial charge in [-0.1, -0.05) is 24.3 Å². The quantitative estimate of drug-likeness (QED) is 0.917. The molecule has 4 heteroatoms. The summed E-state index contributed by atoms with van der Waals surface area (Å²) in [5.74, 6) is -0.754. The molecule has 2 rings (SSSR count). The predicted octanol–water partition coefficient (Wildman–Crippen LogP) is 2.31. The van der Waals surface area contributed by atoms with Crippen LogP contribution in [0.2, 0.25) is 0 Å². The number of carbonyl (C=O) groups is 1. The summed E-state index contributed by atoms with van der Waals surface area (Å²) in [5, 5.41) is 9.41. The van der Waals surface area contributed by atoms with Crippen molar-refractivity contribution < 1.29 is 14.6 Å². The largest absolute Gasteiger partial charge is 0.480 e. The van der Waals surface area contributed by atoms with E-state index in [1.165, 1.54) is 5.56 Å². The van der Waals surface area contributed by atoms with E-state index in [-0.39, 0.29) is 5.60 Å².